The van der Waals surface area contributed by atoms with Gasteiger partial charge in [0, 0.05) is 5.54 Å². The molecular formula is C8H16ClNO. The molecule has 3 unspecified atom stereocenters. The molecule has 3 heteroatoms. The molecule has 0 spiro atoms. The molecule has 0 aromatic rings. The lowest BCUT2D eigenvalue weighted by Crippen LogP contribution is -2.48. The summed E-state index contributed by atoms with van der Waals surface area (Å²) in [6, 6.07) is 0. The van der Waals surface area contributed by atoms with Gasteiger partial charge in [-0.1, -0.05) is 6.42 Å². The Labute approximate surface area is 73.6 Å². The highest BCUT2D eigenvalue weighted by molar-refractivity contribution is 5.85. The zero-order valence-electron chi connectivity index (χ0n) is 6.62. The summed E-state index contributed by atoms with van der Waals surface area (Å²) in [4.78, 5) is 0. The number of nitrogens with two attached hydrogens (primary N) is 1. The molecule has 2 saturated carbocycles. The predicted octanol–water partition coefficient (Wildman–Crippen LogP) is 0.918. The normalized spacial score (nSPS) is 47.5. The number of aliphatic hydroxyl groups excluding tert-OH is 1. The Morgan fingerprint density at radius 2 is 2.18 bits per heavy atom. The monoisotopic (exact) mass is 177 g/mol. The van der Waals surface area contributed by atoms with Crippen molar-refractivity contribution in [1.29, 1.82) is 0 Å². The molecule has 0 heterocycles. The Kier molecular flexibility index (Phi) is 2.47. The fourth-order valence-electron chi connectivity index (χ4n) is 2.68. The molecule has 0 aromatic heterocycles. The van der Waals surface area contributed by atoms with Gasteiger partial charge in [0.15, 0.2) is 0 Å². The molecule has 3 N–H and O–H groups in total. The summed E-state index contributed by atoms with van der Waals surface area (Å²) in [7, 11) is 0. The van der Waals surface area contributed by atoms with Crippen LogP contribution in [-0.2, 0) is 0 Å². The molecular weight excluding hydrogens is 162 g/mol. The third-order valence-electron chi connectivity index (χ3n) is 3.32. The zero-order valence-corrected chi connectivity index (χ0v) is 7.44. The largest absolute Gasteiger partial charge is 0.394 e. The van der Waals surface area contributed by atoms with E-state index in [4.69, 9.17) is 10.8 Å². The van der Waals surface area contributed by atoms with Crippen LogP contribution in [-0.4, -0.2) is 17.3 Å². The van der Waals surface area contributed by atoms with Gasteiger partial charge in [0.1, 0.15) is 0 Å². The van der Waals surface area contributed by atoms with E-state index in [0.717, 1.165) is 12.3 Å². The minimum absolute atomic E-state index is 0. The lowest BCUT2D eigenvalue weighted by Gasteiger charge is -2.31. The van der Waals surface area contributed by atoms with Crippen molar-refractivity contribution >= 4 is 12.4 Å². The van der Waals surface area contributed by atoms with Crippen LogP contribution in [0.15, 0.2) is 0 Å². The number of hydrogen-bond acceptors (Lipinski definition) is 2. The van der Waals surface area contributed by atoms with Crippen molar-refractivity contribution in [2.45, 2.75) is 31.2 Å². The summed E-state index contributed by atoms with van der Waals surface area (Å²) in [6.45, 7) is 0.189. The third-order valence-corrected chi connectivity index (χ3v) is 3.32. The van der Waals surface area contributed by atoms with Crippen LogP contribution in [0.2, 0.25) is 0 Å². The lowest BCUT2D eigenvalue weighted by atomic mass is 9.83. The molecule has 2 fully saturated rings. The highest BCUT2D eigenvalue weighted by atomic mass is 35.5. The van der Waals surface area contributed by atoms with Gasteiger partial charge in [-0.15, -0.1) is 12.4 Å². The van der Waals surface area contributed by atoms with Crippen LogP contribution in [0.5, 0.6) is 0 Å². The standard InChI is InChI=1S/C8H15NO.ClH/c9-8(5-10)4-6-1-2-7(8)3-6;/h6-7,10H,1-5,9H2;1H. The first-order valence-corrected chi connectivity index (χ1v) is 4.14. The van der Waals surface area contributed by atoms with Gasteiger partial charge in [0.05, 0.1) is 6.61 Å². The third kappa shape index (κ3) is 1.28. The van der Waals surface area contributed by atoms with Gasteiger partial charge >= 0.3 is 0 Å². The molecule has 66 valence electrons. The molecule has 0 amide bonds. The lowest BCUT2D eigenvalue weighted by molar-refractivity contribution is 0.142. The van der Waals surface area contributed by atoms with E-state index in [-0.39, 0.29) is 24.6 Å². The molecule has 2 nitrogen and oxygen atoms in total. The first-order valence-electron chi connectivity index (χ1n) is 4.14. The van der Waals surface area contributed by atoms with Crippen LogP contribution >= 0.6 is 12.4 Å². The van der Waals surface area contributed by atoms with E-state index in [9.17, 15) is 0 Å². The number of aliphatic hydroxyl groups is 1. The van der Waals surface area contributed by atoms with Gasteiger partial charge in [-0.3, -0.25) is 0 Å². The quantitative estimate of drug-likeness (QED) is 0.626. The Balaban J connectivity index is 0.000000605. The molecule has 0 aromatic carbocycles. The second-order valence-electron chi connectivity index (χ2n) is 3.97. The van der Waals surface area contributed by atoms with E-state index in [1.54, 1.807) is 0 Å². The number of hydrogen-bond donors (Lipinski definition) is 2. The average molecular weight is 178 g/mol. The minimum atomic E-state index is -0.192. The maximum atomic E-state index is 9.02. The highest BCUT2D eigenvalue weighted by Gasteiger charge is 2.47. The Morgan fingerprint density at radius 3 is 2.45 bits per heavy atom. The van der Waals surface area contributed by atoms with Crippen molar-refractivity contribution in [3.8, 4) is 0 Å². The predicted molar refractivity (Wildman–Crippen MR) is 46.7 cm³/mol. The molecule has 2 aliphatic rings. The van der Waals surface area contributed by atoms with E-state index < -0.39 is 0 Å². The number of fused-ring (bicyclic) bond motifs is 2. The van der Waals surface area contributed by atoms with Crippen LogP contribution in [0.1, 0.15) is 25.7 Å². The minimum Gasteiger partial charge on any atom is -0.394 e. The van der Waals surface area contributed by atoms with Crippen LogP contribution in [0.3, 0.4) is 0 Å². The molecule has 2 bridgehead atoms. The second-order valence-corrected chi connectivity index (χ2v) is 3.97. The summed E-state index contributed by atoms with van der Waals surface area (Å²) in [5, 5.41) is 9.02. The van der Waals surface area contributed by atoms with Crippen LogP contribution < -0.4 is 5.73 Å². The van der Waals surface area contributed by atoms with Crippen molar-refractivity contribution in [2.75, 3.05) is 6.61 Å². The van der Waals surface area contributed by atoms with E-state index >= 15 is 0 Å². The second kappa shape index (κ2) is 2.92. The van der Waals surface area contributed by atoms with Crippen molar-refractivity contribution in [3.63, 3.8) is 0 Å². The van der Waals surface area contributed by atoms with Crippen molar-refractivity contribution < 1.29 is 5.11 Å². The van der Waals surface area contributed by atoms with Gasteiger partial charge in [-0.25, -0.2) is 0 Å². The van der Waals surface area contributed by atoms with Crippen LogP contribution in [0.25, 0.3) is 0 Å². The molecule has 3 atom stereocenters. The Bertz CT molecular complexity index is 153. The molecule has 0 aliphatic heterocycles. The average Bonchev–Trinajstić information content (AvgIpc) is 2.46. The van der Waals surface area contributed by atoms with Crippen molar-refractivity contribution in [1.82, 2.24) is 0 Å². The van der Waals surface area contributed by atoms with Crippen molar-refractivity contribution in [2.24, 2.45) is 17.6 Å². The summed E-state index contributed by atoms with van der Waals surface area (Å²) in [5.74, 6) is 1.46. The fraction of sp³-hybridized carbons (Fsp3) is 1.00. The maximum absolute atomic E-state index is 9.02. The summed E-state index contributed by atoms with van der Waals surface area (Å²) in [5.41, 5.74) is 5.80. The first-order chi connectivity index (χ1) is 4.74. The number of rotatable bonds is 1. The van der Waals surface area contributed by atoms with Crippen LogP contribution in [0.4, 0.5) is 0 Å². The van der Waals surface area contributed by atoms with Crippen molar-refractivity contribution in [3.05, 3.63) is 0 Å². The number of halogens is 1. The van der Waals surface area contributed by atoms with E-state index in [0.29, 0.717) is 5.92 Å². The van der Waals surface area contributed by atoms with E-state index in [1.807, 2.05) is 0 Å². The van der Waals surface area contributed by atoms with E-state index in [2.05, 4.69) is 0 Å². The SMILES string of the molecule is Cl.NC1(CO)CC2CCC1C2. The molecule has 2 rings (SSSR count). The summed E-state index contributed by atoms with van der Waals surface area (Å²) in [6.07, 6.45) is 4.94. The van der Waals surface area contributed by atoms with Gasteiger partial charge in [0.2, 0.25) is 0 Å². The Morgan fingerprint density at radius 1 is 1.45 bits per heavy atom. The Hall–Kier alpha value is 0.210. The smallest absolute Gasteiger partial charge is 0.0614 e. The maximum Gasteiger partial charge on any atom is 0.0614 e. The zero-order chi connectivity index (χ0) is 7.19. The fourth-order valence-corrected chi connectivity index (χ4v) is 2.68. The molecule has 11 heavy (non-hydrogen) atoms. The molecule has 2 aliphatic carbocycles. The van der Waals surface area contributed by atoms with Gasteiger partial charge in [0.25, 0.3) is 0 Å². The topological polar surface area (TPSA) is 46.2 Å². The summed E-state index contributed by atoms with van der Waals surface area (Å²) < 4.78 is 0. The van der Waals surface area contributed by atoms with Gasteiger partial charge in [-0.2, -0.15) is 0 Å². The molecule has 0 saturated heterocycles. The van der Waals surface area contributed by atoms with E-state index in [1.165, 1.54) is 19.3 Å². The first kappa shape index (κ1) is 9.30. The van der Waals surface area contributed by atoms with Gasteiger partial charge in [-0.05, 0) is 31.1 Å². The van der Waals surface area contributed by atoms with Crippen LogP contribution in [0, 0.1) is 11.8 Å². The van der Waals surface area contributed by atoms with Gasteiger partial charge < -0.3 is 10.8 Å². The summed E-state index contributed by atoms with van der Waals surface area (Å²) >= 11 is 0. The molecule has 0 radical (unpaired) electrons. The highest BCUT2D eigenvalue weighted by Crippen LogP contribution is 2.49.